The molecule has 25 heavy (non-hydrogen) atoms. The summed E-state index contributed by atoms with van der Waals surface area (Å²) in [6, 6.07) is 6.93. The summed E-state index contributed by atoms with van der Waals surface area (Å²) >= 11 is 0. The zero-order chi connectivity index (χ0) is 18.2. The maximum atomic E-state index is 12.3. The molecule has 3 rings (SSSR count). The van der Waals surface area contributed by atoms with Gasteiger partial charge in [-0.1, -0.05) is 0 Å². The molecule has 2 aromatic rings. The van der Waals surface area contributed by atoms with Crippen molar-refractivity contribution in [2.45, 2.75) is 20.0 Å². The number of nitrogens with zero attached hydrogens (tertiary/aromatic N) is 1. The Hall–Kier alpha value is -2.64. The predicted molar refractivity (Wildman–Crippen MR) is 84.6 cm³/mol. The lowest BCUT2D eigenvalue weighted by Crippen LogP contribution is -2.33. The molecule has 1 aromatic heterocycles. The van der Waals surface area contributed by atoms with E-state index in [0.29, 0.717) is 30.4 Å². The minimum absolute atomic E-state index is 0.205. The van der Waals surface area contributed by atoms with Gasteiger partial charge < -0.3 is 19.4 Å². The highest BCUT2D eigenvalue weighted by atomic mass is 19.4. The van der Waals surface area contributed by atoms with Gasteiger partial charge in [0.2, 0.25) is 0 Å². The number of rotatable bonds is 3. The van der Waals surface area contributed by atoms with Crippen LogP contribution >= 0.6 is 0 Å². The average molecular weight is 354 g/mol. The third-order valence-electron chi connectivity index (χ3n) is 3.91. The normalized spacial score (nSPS) is 13.6. The highest BCUT2D eigenvalue weighted by molar-refractivity contribution is 5.96. The Morgan fingerprint density at radius 2 is 1.84 bits per heavy atom. The second-order valence-electron chi connectivity index (χ2n) is 5.75. The molecule has 1 N–H and O–H groups in total. The fraction of sp³-hybridized carbons (Fsp3) is 0.353. The summed E-state index contributed by atoms with van der Waals surface area (Å²) in [6.07, 6.45) is -4.45. The number of benzene rings is 1. The average Bonchev–Trinajstić information content (AvgIpc) is 2.86. The van der Waals surface area contributed by atoms with Crippen molar-refractivity contribution >= 4 is 5.91 Å². The van der Waals surface area contributed by atoms with Crippen molar-refractivity contribution in [1.29, 1.82) is 0 Å². The molecule has 0 radical (unpaired) electrons. The molecule has 0 fully saturated rings. The molecule has 0 aliphatic carbocycles. The number of ether oxygens (including phenoxy) is 2. The molecule has 134 valence electrons. The number of nitrogens with one attached hydrogen (secondary N) is 1. The van der Waals surface area contributed by atoms with Gasteiger partial charge in [-0.05, 0) is 32.0 Å². The third-order valence-corrected chi connectivity index (χ3v) is 3.91. The summed E-state index contributed by atoms with van der Waals surface area (Å²) < 4.78 is 49.7. The molecule has 0 unspecified atom stereocenters. The fourth-order valence-electron chi connectivity index (χ4n) is 2.84. The van der Waals surface area contributed by atoms with Gasteiger partial charge in [0.1, 0.15) is 19.8 Å². The number of carbonyl (C=O) groups is 1. The first kappa shape index (κ1) is 17.2. The van der Waals surface area contributed by atoms with Crippen LogP contribution in [-0.2, 0) is 0 Å². The highest BCUT2D eigenvalue weighted by Gasteiger charge is 2.28. The van der Waals surface area contributed by atoms with Crippen molar-refractivity contribution in [2.75, 3.05) is 19.8 Å². The molecular formula is C17H17F3N2O3. The lowest BCUT2D eigenvalue weighted by molar-refractivity contribution is -0.123. The quantitative estimate of drug-likeness (QED) is 0.921. The number of aryl methyl sites for hydroxylation is 1. The van der Waals surface area contributed by atoms with Gasteiger partial charge in [-0.25, -0.2) is 0 Å². The molecule has 1 aliphatic rings. The van der Waals surface area contributed by atoms with E-state index in [1.807, 2.05) is 11.4 Å². The first-order valence-corrected chi connectivity index (χ1v) is 7.70. The number of amides is 1. The minimum atomic E-state index is -4.45. The van der Waals surface area contributed by atoms with E-state index in [1.165, 1.54) is 0 Å². The van der Waals surface area contributed by atoms with Crippen LogP contribution in [0.1, 0.15) is 21.7 Å². The second-order valence-corrected chi connectivity index (χ2v) is 5.75. The number of fused-ring (bicyclic) bond motifs is 1. The maximum Gasteiger partial charge on any atom is 0.405 e. The van der Waals surface area contributed by atoms with Gasteiger partial charge in [0, 0.05) is 23.1 Å². The second kappa shape index (κ2) is 6.34. The molecular weight excluding hydrogens is 337 g/mol. The van der Waals surface area contributed by atoms with E-state index in [9.17, 15) is 18.0 Å². The van der Waals surface area contributed by atoms with Gasteiger partial charge in [-0.15, -0.1) is 0 Å². The van der Waals surface area contributed by atoms with Gasteiger partial charge in [0.25, 0.3) is 5.91 Å². The summed E-state index contributed by atoms with van der Waals surface area (Å²) in [5, 5.41) is 1.90. The Labute approximate surface area is 142 Å². The molecule has 0 saturated carbocycles. The standard InChI is InChI=1S/C17H17F3N2O3/c1-10-7-13(16(23)21-9-17(18,19)20)11(2)22(10)12-3-4-14-15(8-12)25-6-5-24-14/h3-4,7-8H,5-6,9H2,1-2H3,(H,21,23). The van der Waals surface area contributed by atoms with Crippen molar-refractivity contribution in [3.63, 3.8) is 0 Å². The van der Waals surface area contributed by atoms with E-state index in [4.69, 9.17) is 9.47 Å². The Balaban J connectivity index is 1.91. The monoisotopic (exact) mass is 354 g/mol. The molecule has 5 nitrogen and oxygen atoms in total. The molecule has 0 atom stereocenters. The first-order chi connectivity index (χ1) is 11.8. The van der Waals surface area contributed by atoms with Gasteiger partial charge >= 0.3 is 6.18 Å². The zero-order valence-corrected chi connectivity index (χ0v) is 13.7. The third kappa shape index (κ3) is 3.57. The maximum absolute atomic E-state index is 12.3. The number of halogens is 3. The smallest absolute Gasteiger partial charge is 0.405 e. The van der Waals surface area contributed by atoms with Crippen LogP contribution < -0.4 is 14.8 Å². The van der Waals surface area contributed by atoms with E-state index < -0.39 is 18.6 Å². The fourth-order valence-corrected chi connectivity index (χ4v) is 2.84. The van der Waals surface area contributed by atoms with Gasteiger partial charge in [-0.3, -0.25) is 4.79 Å². The summed E-state index contributed by atoms with van der Waals surface area (Å²) in [6.45, 7) is 3.04. The lowest BCUT2D eigenvalue weighted by atomic mass is 10.2. The van der Waals surface area contributed by atoms with Crippen LogP contribution in [0.2, 0.25) is 0 Å². The predicted octanol–water partition coefficient (Wildman–Crippen LogP) is 3.16. The topological polar surface area (TPSA) is 52.5 Å². The minimum Gasteiger partial charge on any atom is -0.486 e. The molecule has 0 saturated heterocycles. The van der Waals surface area contributed by atoms with Crippen LogP contribution in [0.4, 0.5) is 13.2 Å². The van der Waals surface area contributed by atoms with E-state index >= 15 is 0 Å². The Kier molecular flexibility index (Phi) is 4.36. The molecule has 0 bridgehead atoms. The largest absolute Gasteiger partial charge is 0.486 e. The van der Waals surface area contributed by atoms with E-state index in [0.717, 1.165) is 11.4 Å². The van der Waals surface area contributed by atoms with Crippen LogP contribution in [-0.4, -0.2) is 36.4 Å². The molecule has 2 heterocycles. The summed E-state index contributed by atoms with van der Waals surface area (Å²) in [5.41, 5.74) is 2.23. The van der Waals surface area contributed by atoms with Gasteiger partial charge in [-0.2, -0.15) is 13.2 Å². The van der Waals surface area contributed by atoms with Crippen LogP contribution in [0, 0.1) is 13.8 Å². The van der Waals surface area contributed by atoms with Crippen LogP contribution in [0.25, 0.3) is 5.69 Å². The van der Waals surface area contributed by atoms with Crippen molar-refractivity contribution in [2.24, 2.45) is 0 Å². The molecule has 1 aliphatic heterocycles. The summed E-state index contributed by atoms with van der Waals surface area (Å²) in [4.78, 5) is 12.1. The van der Waals surface area contributed by atoms with Crippen LogP contribution in [0.3, 0.4) is 0 Å². The Morgan fingerprint density at radius 1 is 1.16 bits per heavy atom. The van der Waals surface area contributed by atoms with Crippen molar-refractivity contribution in [1.82, 2.24) is 9.88 Å². The molecule has 1 aromatic carbocycles. The van der Waals surface area contributed by atoms with Crippen molar-refractivity contribution < 1.29 is 27.4 Å². The van der Waals surface area contributed by atoms with Crippen LogP contribution in [0.15, 0.2) is 24.3 Å². The van der Waals surface area contributed by atoms with E-state index in [-0.39, 0.29) is 5.56 Å². The van der Waals surface area contributed by atoms with Crippen molar-refractivity contribution in [3.05, 3.63) is 41.2 Å². The molecule has 8 heteroatoms. The number of carbonyl (C=O) groups excluding carboxylic acids is 1. The zero-order valence-electron chi connectivity index (χ0n) is 13.7. The number of aromatic nitrogens is 1. The van der Waals surface area contributed by atoms with Crippen molar-refractivity contribution in [3.8, 4) is 17.2 Å². The molecule has 0 spiro atoms. The van der Waals surface area contributed by atoms with Crippen LogP contribution in [0.5, 0.6) is 11.5 Å². The van der Waals surface area contributed by atoms with Gasteiger partial charge in [0.05, 0.1) is 5.56 Å². The van der Waals surface area contributed by atoms with Gasteiger partial charge in [0.15, 0.2) is 11.5 Å². The SMILES string of the molecule is Cc1cc(C(=O)NCC(F)(F)F)c(C)n1-c1ccc2c(c1)OCCO2. The number of hydrogen-bond donors (Lipinski definition) is 1. The first-order valence-electron chi connectivity index (χ1n) is 7.70. The van der Waals surface area contributed by atoms with E-state index in [2.05, 4.69) is 0 Å². The van der Waals surface area contributed by atoms with E-state index in [1.54, 1.807) is 36.6 Å². The molecule has 1 amide bonds. The highest BCUT2D eigenvalue weighted by Crippen LogP contribution is 2.33. The Bertz CT molecular complexity index is 812. The number of alkyl halides is 3. The number of hydrogen-bond acceptors (Lipinski definition) is 3. The summed E-state index contributed by atoms with van der Waals surface area (Å²) in [5.74, 6) is 0.481. The Morgan fingerprint density at radius 3 is 2.52 bits per heavy atom. The lowest BCUT2D eigenvalue weighted by Gasteiger charge is -2.20. The summed E-state index contributed by atoms with van der Waals surface area (Å²) in [7, 11) is 0.